The van der Waals surface area contributed by atoms with Crippen molar-refractivity contribution in [3.63, 3.8) is 0 Å². The average Bonchev–Trinajstić information content (AvgIpc) is 3.54. The van der Waals surface area contributed by atoms with E-state index in [1.165, 1.54) is 24.8 Å². The molecule has 1 N–H and O–H groups in total. The molecular weight excluding hydrogens is 498 g/mol. The van der Waals surface area contributed by atoms with Crippen molar-refractivity contribution in [3.05, 3.63) is 53.1 Å². The molecule has 6 nitrogen and oxygen atoms in total. The number of fused-ring (bicyclic) bond motifs is 7. The molecule has 38 heavy (non-hydrogen) atoms. The van der Waals surface area contributed by atoms with Crippen LogP contribution in [0.3, 0.4) is 0 Å². The average molecular weight is 536 g/mol. The number of aliphatic carboxylic acids is 1. The molecule has 0 amide bonds. The molecule has 3 aromatic rings. The Bertz CT molecular complexity index is 1430. The highest BCUT2D eigenvalue weighted by atomic mass is 32.1. The van der Waals surface area contributed by atoms with Gasteiger partial charge in [-0.05, 0) is 87.4 Å². The molecule has 2 fully saturated rings. The number of carbonyl (C=O) groups is 2. The Morgan fingerprint density at radius 3 is 2.45 bits per heavy atom. The fraction of sp³-hybridized carbons (Fsp3) is 0.484. The normalized spacial score (nSPS) is 22.4. The highest BCUT2D eigenvalue weighted by molar-refractivity contribution is 7.59. The van der Waals surface area contributed by atoms with Gasteiger partial charge in [-0.25, -0.2) is 4.79 Å². The van der Waals surface area contributed by atoms with Gasteiger partial charge < -0.3 is 19.1 Å². The molecule has 2 saturated carbocycles. The topological polar surface area (TPSA) is 77.8 Å². The van der Waals surface area contributed by atoms with Gasteiger partial charge in [-0.2, -0.15) is 13.5 Å². The molecule has 3 aliphatic rings. The predicted molar refractivity (Wildman–Crippen MR) is 153 cm³/mol. The molecule has 0 saturated heterocycles. The first-order chi connectivity index (χ1) is 17.6. The summed E-state index contributed by atoms with van der Waals surface area (Å²) in [7, 11) is 1.65. The fourth-order valence-corrected chi connectivity index (χ4v) is 6.74. The Balaban J connectivity index is 0.00000294. The first kappa shape index (κ1) is 26.7. The van der Waals surface area contributed by atoms with Gasteiger partial charge in [-0.3, -0.25) is 4.79 Å². The predicted octanol–water partition coefficient (Wildman–Crippen LogP) is 7.00. The summed E-state index contributed by atoms with van der Waals surface area (Å²) in [5.74, 6) is -0.0205. The van der Waals surface area contributed by atoms with Crippen molar-refractivity contribution < 1.29 is 24.2 Å². The summed E-state index contributed by atoms with van der Waals surface area (Å²) in [4.78, 5) is 25.7. The number of esters is 1. The van der Waals surface area contributed by atoms with Gasteiger partial charge in [0, 0.05) is 28.9 Å². The number of carboxylic acids is 1. The summed E-state index contributed by atoms with van der Waals surface area (Å²) < 4.78 is 13.4. The van der Waals surface area contributed by atoms with Crippen LogP contribution < -0.4 is 4.74 Å². The molecule has 202 valence electrons. The summed E-state index contributed by atoms with van der Waals surface area (Å²) in [5.41, 5.74) is 4.55. The molecule has 0 bridgehead atoms. The van der Waals surface area contributed by atoms with Crippen LogP contribution in [-0.4, -0.2) is 34.3 Å². The van der Waals surface area contributed by atoms with Crippen LogP contribution in [-0.2, 0) is 16.1 Å². The standard InChI is InChI=1S/C31H35NO5.H2S/c1-30(2,3)37-28(33)19-10-12-22-25(14-19)32-17-31(29(34)35)16-24(31)23-15-20(36-4)11-13-21(23)27(32)26(22)18-8-6-5-7-9-18;/h10-15,18,24H,5-9,16-17H2,1-4H3,(H,34,35);1H2/t24-,31-;/m0./s1. The van der Waals surface area contributed by atoms with Gasteiger partial charge in [-0.15, -0.1) is 0 Å². The van der Waals surface area contributed by atoms with Gasteiger partial charge in [0.05, 0.1) is 23.8 Å². The van der Waals surface area contributed by atoms with Crippen molar-refractivity contribution >= 4 is 36.3 Å². The van der Waals surface area contributed by atoms with Crippen molar-refractivity contribution in [1.82, 2.24) is 4.57 Å². The van der Waals surface area contributed by atoms with Crippen LogP contribution in [0.5, 0.6) is 5.75 Å². The van der Waals surface area contributed by atoms with E-state index in [1.54, 1.807) is 7.11 Å². The van der Waals surface area contributed by atoms with Crippen molar-refractivity contribution in [2.75, 3.05) is 7.11 Å². The fourth-order valence-electron chi connectivity index (χ4n) is 6.74. The monoisotopic (exact) mass is 535 g/mol. The number of nitrogens with zero attached hydrogens (tertiary/aromatic N) is 1. The molecule has 2 heterocycles. The molecule has 2 aromatic carbocycles. The van der Waals surface area contributed by atoms with Crippen LogP contribution in [0, 0.1) is 5.41 Å². The number of carboxylic acid groups (broad SMARTS) is 1. The van der Waals surface area contributed by atoms with Gasteiger partial charge in [-0.1, -0.05) is 25.3 Å². The van der Waals surface area contributed by atoms with Gasteiger partial charge in [0.1, 0.15) is 11.4 Å². The second-order valence-corrected chi connectivity index (χ2v) is 12.1. The van der Waals surface area contributed by atoms with Crippen LogP contribution in [0.2, 0.25) is 0 Å². The zero-order chi connectivity index (χ0) is 26.1. The number of methoxy groups -OCH3 is 1. The Hall–Kier alpha value is -2.93. The number of rotatable bonds is 4. The summed E-state index contributed by atoms with van der Waals surface area (Å²) in [5, 5.41) is 11.5. The first-order valence-corrected chi connectivity index (χ1v) is 13.4. The lowest BCUT2D eigenvalue weighted by Crippen LogP contribution is -2.24. The summed E-state index contributed by atoms with van der Waals surface area (Å²) in [6.07, 6.45) is 6.50. The molecule has 2 atom stereocenters. The van der Waals surface area contributed by atoms with Gasteiger partial charge in [0.15, 0.2) is 0 Å². The quantitative estimate of drug-likeness (QED) is 0.364. The van der Waals surface area contributed by atoms with E-state index >= 15 is 0 Å². The lowest BCUT2D eigenvalue weighted by atomic mass is 9.81. The van der Waals surface area contributed by atoms with E-state index in [1.807, 2.05) is 45.0 Å². The van der Waals surface area contributed by atoms with E-state index in [-0.39, 0.29) is 25.4 Å². The van der Waals surface area contributed by atoms with Crippen LogP contribution in [0.1, 0.15) is 92.6 Å². The van der Waals surface area contributed by atoms with E-state index in [0.717, 1.165) is 46.3 Å². The minimum absolute atomic E-state index is 0. The van der Waals surface area contributed by atoms with E-state index < -0.39 is 17.0 Å². The molecular formula is C31H37NO5S. The highest BCUT2D eigenvalue weighted by Gasteiger charge is 2.63. The molecule has 1 aliphatic heterocycles. The number of aromatic nitrogens is 1. The van der Waals surface area contributed by atoms with E-state index in [0.29, 0.717) is 24.4 Å². The van der Waals surface area contributed by atoms with Crippen molar-refractivity contribution in [3.8, 4) is 17.0 Å². The third-order valence-electron chi connectivity index (χ3n) is 8.58. The molecule has 0 radical (unpaired) electrons. The number of benzene rings is 2. The maximum absolute atomic E-state index is 13.0. The zero-order valence-corrected chi connectivity index (χ0v) is 23.6. The number of hydrogen-bond acceptors (Lipinski definition) is 4. The Morgan fingerprint density at radius 1 is 1.05 bits per heavy atom. The molecule has 1 aromatic heterocycles. The number of carbonyl (C=O) groups excluding carboxylic acids is 1. The lowest BCUT2D eigenvalue weighted by Gasteiger charge is -2.24. The summed E-state index contributed by atoms with van der Waals surface area (Å²) in [6.45, 7) is 5.98. The molecule has 6 rings (SSSR count). The Kier molecular flexibility index (Phi) is 6.57. The third kappa shape index (κ3) is 4.19. The van der Waals surface area contributed by atoms with Crippen molar-refractivity contribution in [1.29, 1.82) is 0 Å². The molecule has 0 spiro atoms. The van der Waals surface area contributed by atoms with E-state index in [9.17, 15) is 14.7 Å². The SMILES string of the molecule is COc1ccc2c(c1)[C@@H]1C[C@]1(C(=O)O)Cn1c-2c(C2CCCCC2)c2ccc(C(=O)OC(C)(C)C)cc21.S. The van der Waals surface area contributed by atoms with Crippen LogP contribution in [0.4, 0.5) is 0 Å². The number of hydrogen-bond donors (Lipinski definition) is 1. The highest BCUT2D eigenvalue weighted by Crippen LogP contribution is 2.65. The van der Waals surface area contributed by atoms with Crippen LogP contribution in [0.15, 0.2) is 36.4 Å². The number of ether oxygens (including phenoxy) is 2. The van der Waals surface area contributed by atoms with Gasteiger partial charge >= 0.3 is 11.9 Å². The summed E-state index contributed by atoms with van der Waals surface area (Å²) in [6, 6.07) is 12.0. The van der Waals surface area contributed by atoms with E-state index in [4.69, 9.17) is 9.47 Å². The second-order valence-electron chi connectivity index (χ2n) is 12.1. The van der Waals surface area contributed by atoms with Gasteiger partial charge in [0.2, 0.25) is 0 Å². The van der Waals surface area contributed by atoms with Crippen molar-refractivity contribution in [2.24, 2.45) is 5.41 Å². The Morgan fingerprint density at radius 2 is 1.79 bits per heavy atom. The van der Waals surface area contributed by atoms with E-state index in [2.05, 4.69) is 16.7 Å². The van der Waals surface area contributed by atoms with Crippen molar-refractivity contribution in [2.45, 2.75) is 83.3 Å². The van der Waals surface area contributed by atoms with Crippen LogP contribution in [0.25, 0.3) is 22.2 Å². The third-order valence-corrected chi connectivity index (χ3v) is 8.58. The van der Waals surface area contributed by atoms with Gasteiger partial charge in [0.25, 0.3) is 0 Å². The molecule has 7 heteroatoms. The largest absolute Gasteiger partial charge is 0.497 e. The molecule has 0 unspecified atom stereocenters. The minimum Gasteiger partial charge on any atom is -0.497 e. The van der Waals surface area contributed by atoms with Crippen LogP contribution >= 0.6 is 13.5 Å². The summed E-state index contributed by atoms with van der Waals surface area (Å²) >= 11 is 0. The minimum atomic E-state index is -0.857. The maximum Gasteiger partial charge on any atom is 0.338 e. The zero-order valence-electron chi connectivity index (χ0n) is 22.6. The Labute approximate surface area is 230 Å². The molecule has 2 aliphatic carbocycles. The smallest absolute Gasteiger partial charge is 0.338 e. The first-order valence-electron chi connectivity index (χ1n) is 13.4. The second kappa shape index (κ2) is 9.37. The maximum atomic E-state index is 13.0. The lowest BCUT2D eigenvalue weighted by molar-refractivity contribution is -0.144.